The number of rotatable bonds is 7. The molecule has 2 bridgehead atoms. The topological polar surface area (TPSA) is 83.4 Å². The summed E-state index contributed by atoms with van der Waals surface area (Å²) >= 11 is 1.66. The zero-order valence-corrected chi connectivity index (χ0v) is 20.1. The Morgan fingerprint density at radius 1 is 1.12 bits per heavy atom. The normalized spacial score (nSPS) is 20.0. The summed E-state index contributed by atoms with van der Waals surface area (Å²) in [6, 6.07) is 12.7. The van der Waals surface area contributed by atoms with Crippen LogP contribution in [0.4, 0.5) is 4.79 Å². The molecule has 0 aliphatic carbocycles. The van der Waals surface area contributed by atoms with E-state index in [2.05, 4.69) is 10.6 Å². The number of aryl methyl sites for hydroxylation is 1. The largest absolute Gasteiger partial charge is 0.350 e. The van der Waals surface area contributed by atoms with Gasteiger partial charge in [0.2, 0.25) is 5.91 Å². The number of likely N-dealkylation sites (tertiary alicyclic amines) is 1. The Labute approximate surface area is 198 Å². The lowest BCUT2D eigenvalue weighted by molar-refractivity contribution is -0.123. The number of carbonyl (C=O) groups excluding carboxylic acids is 2. The molecular formula is C25H32N4O3S. The fourth-order valence-electron chi connectivity index (χ4n) is 4.83. The van der Waals surface area contributed by atoms with Gasteiger partial charge in [0.1, 0.15) is 6.04 Å². The lowest BCUT2D eigenvalue weighted by atomic mass is 9.83. The zero-order valence-electron chi connectivity index (χ0n) is 19.3. The molecule has 1 aromatic heterocycles. The number of piperidine rings is 1. The van der Waals surface area contributed by atoms with Gasteiger partial charge in [-0.15, -0.1) is 0 Å². The van der Waals surface area contributed by atoms with Crippen LogP contribution in [0.5, 0.6) is 0 Å². The second-order valence-electron chi connectivity index (χ2n) is 9.09. The number of nitrogens with one attached hydrogen (secondary N) is 2. The van der Waals surface area contributed by atoms with Gasteiger partial charge in [0.25, 0.3) is 5.56 Å². The third-order valence-corrected chi connectivity index (χ3v) is 7.22. The van der Waals surface area contributed by atoms with Crippen LogP contribution in [0.15, 0.2) is 47.3 Å². The monoisotopic (exact) mass is 468 g/mol. The molecule has 1 saturated heterocycles. The van der Waals surface area contributed by atoms with E-state index in [9.17, 15) is 14.4 Å². The second-order valence-corrected chi connectivity index (χ2v) is 10.1. The number of urea groups is 1. The summed E-state index contributed by atoms with van der Waals surface area (Å²) in [5.74, 6) is 1.02. The Morgan fingerprint density at radius 3 is 2.67 bits per heavy atom. The number of fused-ring (bicyclic) bond motifs is 4. The molecule has 2 aromatic rings. The number of hydrogen-bond acceptors (Lipinski definition) is 4. The van der Waals surface area contributed by atoms with Crippen molar-refractivity contribution in [1.82, 2.24) is 20.1 Å². The van der Waals surface area contributed by atoms with E-state index in [0.29, 0.717) is 32.6 Å². The third-order valence-electron chi connectivity index (χ3n) is 6.58. The average molecular weight is 469 g/mol. The molecule has 2 N–H and O–H groups in total. The molecule has 176 valence electrons. The lowest BCUT2D eigenvalue weighted by Gasteiger charge is -2.43. The van der Waals surface area contributed by atoms with Crippen molar-refractivity contribution in [1.29, 1.82) is 0 Å². The maximum Gasteiger partial charge on any atom is 0.318 e. The molecule has 2 aliphatic heterocycles. The van der Waals surface area contributed by atoms with Gasteiger partial charge in [-0.25, -0.2) is 4.79 Å². The van der Waals surface area contributed by atoms with Crippen molar-refractivity contribution in [3.05, 3.63) is 69.6 Å². The molecule has 1 fully saturated rings. The van der Waals surface area contributed by atoms with Gasteiger partial charge in [-0.3, -0.25) is 9.59 Å². The van der Waals surface area contributed by atoms with Gasteiger partial charge in [0.15, 0.2) is 0 Å². The number of nitrogens with zero attached hydrogens (tertiary/aromatic N) is 2. The summed E-state index contributed by atoms with van der Waals surface area (Å²) < 4.78 is 1.86. The zero-order chi connectivity index (χ0) is 23.4. The van der Waals surface area contributed by atoms with Crippen molar-refractivity contribution in [3.63, 3.8) is 0 Å². The third kappa shape index (κ3) is 5.61. The summed E-state index contributed by atoms with van der Waals surface area (Å²) in [6.45, 7) is 4.27. The number of hydrogen-bond donors (Lipinski definition) is 2. The lowest BCUT2D eigenvalue weighted by Crippen LogP contribution is -2.56. The van der Waals surface area contributed by atoms with Crippen molar-refractivity contribution in [2.45, 2.75) is 44.8 Å². The molecule has 0 spiro atoms. The SMILES string of the molecule is CSCC[C@H](NC(=O)N1C[C@H]2C[C@@H](C1)c1cccc(=O)n1C2)C(=O)NCc1ccc(C)cc1. The molecule has 2 aliphatic rings. The highest BCUT2D eigenvalue weighted by molar-refractivity contribution is 7.98. The summed E-state index contributed by atoms with van der Waals surface area (Å²) in [5.41, 5.74) is 3.24. The predicted octanol–water partition coefficient (Wildman–Crippen LogP) is 2.72. The van der Waals surface area contributed by atoms with Crippen LogP contribution in [0.25, 0.3) is 0 Å². The van der Waals surface area contributed by atoms with E-state index in [-0.39, 0.29) is 29.3 Å². The van der Waals surface area contributed by atoms with Crippen LogP contribution in [0.2, 0.25) is 0 Å². The van der Waals surface area contributed by atoms with Crippen molar-refractivity contribution in [2.75, 3.05) is 25.1 Å². The summed E-state index contributed by atoms with van der Waals surface area (Å²) in [7, 11) is 0. The van der Waals surface area contributed by atoms with Crippen LogP contribution in [0.3, 0.4) is 0 Å². The molecule has 3 amide bonds. The van der Waals surface area contributed by atoms with Crippen molar-refractivity contribution in [2.24, 2.45) is 5.92 Å². The van der Waals surface area contributed by atoms with E-state index in [0.717, 1.165) is 23.4 Å². The average Bonchev–Trinajstić information content (AvgIpc) is 2.81. The summed E-state index contributed by atoms with van der Waals surface area (Å²) in [6.07, 6.45) is 3.56. The van der Waals surface area contributed by atoms with E-state index < -0.39 is 6.04 Å². The van der Waals surface area contributed by atoms with Gasteiger partial charge in [-0.1, -0.05) is 35.9 Å². The van der Waals surface area contributed by atoms with Gasteiger partial charge < -0.3 is 20.1 Å². The fraction of sp³-hybridized carbons (Fsp3) is 0.480. The van der Waals surface area contributed by atoms with Crippen molar-refractivity contribution < 1.29 is 9.59 Å². The van der Waals surface area contributed by atoms with E-state index >= 15 is 0 Å². The number of pyridine rings is 1. The minimum atomic E-state index is -0.577. The van der Waals surface area contributed by atoms with Gasteiger partial charge in [0.05, 0.1) is 0 Å². The Bertz CT molecular complexity index is 1050. The number of aromatic nitrogens is 1. The van der Waals surface area contributed by atoms with Gasteiger partial charge in [-0.2, -0.15) is 11.8 Å². The fourth-order valence-corrected chi connectivity index (χ4v) is 5.30. The molecule has 7 nitrogen and oxygen atoms in total. The first kappa shape index (κ1) is 23.4. The van der Waals surface area contributed by atoms with Gasteiger partial charge in [0, 0.05) is 43.9 Å². The summed E-state index contributed by atoms with van der Waals surface area (Å²) in [4.78, 5) is 40.1. The van der Waals surface area contributed by atoms with Crippen LogP contribution < -0.4 is 16.2 Å². The molecule has 4 rings (SSSR count). The number of carbonyl (C=O) groups is 2. The van der Waals surface area contributed by atoms with E-state index in [1.165, 1.54) is 5.56 Å². The van der Waals surface area contributed by atoms with Gasteiger partial charge >= 0.3 is 6.03 Å². The minimum absolute atomic E-state index is 0.0301. The molecule has 3 heterocycles. The molecule has 1 aromatic carbocycles. The summed E-state index contributed by atoms with van der Waals surface area (Å²) in [5, 5.41) is 5.96. The van der Waals surface area contributed by atoms with Crippen LogP contribution in [0.1, 0.15) is 35.6 Å². The van der Waals surface area contributed by atoms with Crippen LogP contribution in [-0.4, -0.2) is 52.5 Å². The van der Waals surface area contributed by atoms with E-state index in [1.54, 1.807) is 23.9 Å². The molecule has 3 atom stereocenters. The smallest absolute Gasteiger partial charge is 0.318 e. The Morgan fingerprint density at radius 2 is 1.91 bits per heavy atom. The molecule has 8 heteroatoms. The second kappa shape index (κ2) is 10.5. The maximum atomic E-state index is 13.2. The highest BCUT2D eigenvalue weighted by Gasteiger charge is 2.37. The predicted molar refractivity (Wildman–Crippen MR) is 131 cm³/mol. The highest BCUT2D eigenvalue weighted by atomic mass is 32.2. The standard InChI is InChI=1S/C25H32N4O3S/c1-17-6-8-18(9-7-17)13-26-24(31)21(10-11-33-2)27-25(32)28-14-19-12-20(16-28)22-4-3-5-23(30)29(22)15-19/h3-9,19-21H,10-16H2,1-2H3,(H,26,31)(H,27,32)/t19-,20+,21+/m1/s1. The van der Waals surface area contributed by atoms with Crippen LogP contribution in [-0.2, 0) is 17.9 Å². The van der Waals surface area contributed by atoms with Crippen molar-refractivity contribution in [3.8, 4) is 0 Å². The minimum Gasteiger partial charge on any atom is -0.350 e. The molecular weight excluding hydrogens is 436 g/mol. The Balaban J connectivity index is 1.39. The van der Waals surface area contributed by atoms with Crippen LogP contribution >= 0.6 is 11.8 Å². The molecule has 0 radical (unpaired) electrons. The number of amides is 3. The first-order valence-corrected chi connectivity index (χ1v) is 12.9. The van der Waals surface area contributed by atoms with E-state index in [4.69, 9.17) is 0 Å². The van der Waals surface area contributed by atoms with Crippen LogP contribution in [0, 0.1) is 12.8 Å². The quantitative estimate of drug-likeness (QED) is 0.655. The van der Waals surface area contributed by atoms with E-state index in [1.807, 2.05) is 53.0 Å². The Hall–Kier alpha value is -2.74. The maximum absolute atomic E-state index is 13.2. The number of benzene rings is 1. The van der Waals surface area contributed by atoms with Crippen molar-refractivity contribution >= 4 is 23.7 Å². The molecule has 0 unspecified atom stereocenters. The first-order chi connectivity index (χ1) is 15.9. The molecule has 0 saturated carbocycles. The number of thioether (sulfide) groups is 1. The Kier molecular flexibility index (Phi) is 7.42. The highest BCUT2D eigenvalue weighted by Crippen LogP contribution is 2.34. The van der Waals surface area contributed by atoms with Gasteiger partial charge in [-0.05, 0) is 49.3 Å². The molecule has 33 heavy (non-hydrogen) atoms. The first-order valence-electron chi connectivity index (χ1n) is 11.5.